The molecule has 0 aliphatic carbocycles. The third-order valence-electron chi connectivity index (χ3n) is 6.85. The van der Waals surface area contributed by atoms with Crippen LogP contribution in [0, 0.1) is 0 Å². The number of para-hydroxylation sites is 1. The average Bonchev–Trinajstić information content (AvgIpc) is 3.62. The number of nitrogens with one attached hydrogen (secondary N) is 5. The number of carboxylic acid groups (broad SMARTS) is 1. The van der Waals surface area contributed by atoms with Gasteiger partial charge >= 0.3 is 18.1 Å². The van der Waals surface area contributed by atoms with Crippen LogP contribution >= 0.6 is 0 Å². The molecule has 224 valence electrons. The normalized spacial score (nSPS) is 13.2. The number of hydrogen-bond acceptors (Lipinski definition) is 7. The fourth-order valence-corrected chi connectivity index (χ4v) is 4.70. The number of ether oxygens (including phenoxy) is 3. The molecule has 0 bridgehead atoms. The van der Waals surface area contributed by atoms with E-state index in [-0.39, 0.29) is 19.1 Å². The fourth-order valence-electron chi connectivity index (χ4n) is 4.70. The van der Waals surface area contributed by atoms with E-state index in [0.29, 0.717) is 55.8 Å². The molecule has 4 amide bonds. The van der Waals surface area contributed by atoms with E-state index >= 15 is 0 Å². The molecule has 4 rings (SSSR count). The van der Waals surface area contributed by atoms with Gasteiger partial charge in [-0.05, 0) is 55.0 Å². The number of carbonyl (C=O) groups is 4. The number of urea groups is 1. The van der Waals surface area contributed by atoms with Crippen LogP contribution in [0.2, 0.25) is 0 Å². The molecule has 1 aromatic heterocycles. The molecule has 1 aliphatic heterocycles. The second kappa shape index (κ2) is 14.6. The molecule has 0 radical (unpaired) electrons. The zero-order valence-electron chi connectivity index (χ0n) is 23.2. The quantitative estimate of drug-likeness (QED) is 0.157. The van der Waals surface area contributed by atoms with Gasteiger partial charge in [-0.1, -0.05) is 24.3 Å². The molecule has 0 spiro atoms. The number of aromatic amines is 1. The van der Waals surface area contributed by atoms with Gasteiger partial charge in [0.2, 0.25) is 12.7 Å². The van der Waals surface area contributed by atoms with Crippen LogP contribution in [-0.2, 0) is 20.7 Å². The number of H-pyrrole nitrogens is 1. The summed E-state index contributed by atoms with van der Waals surface area (Å²) in [6.45, 7) is 0.754. The largest absolute Gasteiger partial charge is 0.481 e. The minimum atomic E-state index is -1.11. The van der Waals surface area contributed by atoms with Crippen LogP contribution in [0.4, 0.5) is 9.59 Å². The van der Waals surface area contributed by atoms with E-state index in [0.717, 1.165) is 16.5 Å². The smallest absolute Gasteiger partial charge is 0.406 e. The van der Waals surface area contributed by atoms with Crippen molar-refractivity contribution in [2.75, 3.05) is 27.0 Å². The minimum Gasteiger partial charge on any atom is -0.481 e. The van der Waals surface area contributed by atoms with Crippen LogP contribution in [0.5, 0.6) is 11.5 Å². The van der Waals surface area contributed by atoms with Gasteiger partial charge in [-0.2, -0.15) is 0 Å². The molecule has 6 N–H and O–H groups in total. The van der Waals surface area contributed by atoms with E-state index in [4.69, 9.17) is 9.47 Å². The third-order valence-corrected chi connectivity index (χ3v) is 6.85. The SMILES string of the molecule is COC(=O)NCCCC[C@H](NC(=O)N[C@@H](CC(=O)O)c1ccc2c(c1)OCO2)C(=O)NCCc1c[nH]c2ccccc12. The van der Waals surface area contributed by atoms with Gasteiger partial charge in [0.05, 0.1) is 19.6 Å². The highest BCUT2D eigenvalue weighted by molar-refractivity contribution is 5.87. The first-order valence-corrected chi connectivity index (χ1v) is 13.7. The Bertz CT molecular complexity index is 1410. The van der Waals surface area contributed by atoms with E-state index in [1.807, 2.05) is 30.5 Å². The van der Waals surface area contributed by atoms with Crippen molar-refractivity contribution in [3.8, 4) is 11.5 Å². The van der Waals surface area contributed by atoms with Gasteiger partial charge in [0.25, 0.3) is 0 Å². The van der Waals surface area contributed by atoms with Crippen LogP contribution in [0.3, 0.4) is 0 Å². The molecule has 0 fully saturated rings. The van der Waals surface area contributed by atoms with E-state index in [2.05, 4.69) is 31.0 Å². The molecule has 2 atom stereocenters. The first-order chi connectivity index (χ1) is 20.3. The van der Waals surface area contributed by atoms with Crippen LogP contribution in [0.1, 0.15) is 42.9 Å². The van der Waals surface area contributed by atoms with E-state index in [1.165, 1.54) is 7.11 Å². The number of amides is 4. The van der Waals surface area contributed by atoms with E-state index in [1.54, 1.807) is 18.2 Å². The van der Waals surface area contributed by atoms with Gasteiger partial charge in [0.15, 0.2) is 11.5 Å². The third kappa shape index (κ3) is 8.29. The number of hydrogen-bond donors (Lipinski definition) is 6. The van der Waals surface area contributed by atoms with Crippen molar-refractivity contribution in [3.05, 3.63) is 59.8 Å². The number of alkyl carbamates (subject to hydrolysis) is 1. The number of fused-ring (bicyclic) bond motifs is 2. The van der Waals surface area contributed by atoms with Crippen LogP contribution < -0.4 is 30.7 Å². The van der Waals surface area contributed by atoms with Gasteiger partial charge in [0, 0.05) is 30.2 Å². The van der Waals surface area contributed by atoms with Gasteiger partial charge in [0.1, 0.15) is 6.04 Å². The number of unbranched alkanes of at least 4 members (excludes halogenated alkanes) is 1. The van der Waals surface area contributed by atoms with Crippen LogP contribution in [-0.4, -0.2) is 67.1 Å². The second-order valence-electron chi connectivity index (χ2n) is 9.75. The molecule has 42 heavy (non-hydrogen) atoms. The summed E-state index contributed by atoms with van der Waals surface area (Å²) < 4.78 is 15.3. The van der Waals surface area contributed by atoms with Gasteiger partial charge in [-0.25, -0.2) is 9.59 Å². The van der Waals surface area contributed by atoms with Crippen molar-refractivity contribution >= 4 is 34.9 Å². The zero-order chi connectivity index (χ0) is 29.9. The van der Waals surface area contributed by atoms with Gasteiger partial charge < -0.3 is 45.6 Å². The molecule has 0 saturated heterocycles. The lowest BCUT2D eigenvalue weighted by Crippen LogP contribution is -2.51. The standard InChI is InChI=1S/C29H35N5O8/c1-40-29(39)31-12-5-4-8-22(27(37)30-13-11-19-16-32-21-7-3-2-6-20(19)21)33-28(38)34-23(15-26(35)36)18-9-10-24-25(14-18)42-17-41-24/h2-3,6-7,9-10,14,16,22-23,32H,4-5,8,11-13,15,17H2,1H3,(H,30,37)(H,31,39)(H,35,36)(H2,33,34,38)/t22-,23-/m0/s1. The zero-order valence-corrected chi connectivity index (χ0v) is 23.2. The summed E-state index contributed by atoms with van der Waals surface area (Å²) in [6.07, 6.45) is 2.93. The summed E-state index contributed by atoms with van der Waals surface area (Å²) in [5, 5.41) is 21.4. The molecule has 0 saturated carbocycles. The summed E-state index contributed by atoms with van der Waals surface area (Å²) in [5.41, 5.74) is 2.58. The summed E-state index contributed by atoms with van der Waals surface area (Å²) in [7, 11) is 1.27. The molecule has 13 nitrogen and oxygen atoms in total. The number of benzene rings is 2. The summed E-state index contributed by atoms with van der Waals surface area (Å²) in [5.74, 6) is -0.493. The number of carbonyl (C=O) groups excluding carboxylic acids is 3. The molecule has 13 heteroatoms. The lowest BCUT2D eigenvalue weighted by molar-refractivity contribution is -0.137. The molecule has 2 aromatic carbocycles. The molecular weight excluding hydrogens is 546 g/mol. The van der Waals surface area contributed by atoms with Gasteiger partial charge in [-0.15, -0.1) is 0 Å². The molecule has 1 aliphatic rings. The Morgan fingerprint density at radius 1 is 1.00 bits per heavy atom. The lowest BCUT2D eigenvalue weighted by Gasteiger charge is -2.22. The molecular formula is C29H35N5O8. The number of rotatable bonds is 14. The Morgan fingerprint density at radius 2 is 1.81 bits per heavy atom. The van der Waals surface area contributed by atoms with Crippen molar-refractivity contribution in [2.24, 2.45) is 0 Å². The van der Waals surface area contributed by atoms with Crippen molar-refractivity contribution in [1.29, 1.82) is 0 Å². The highest BCUT2D eigenvalue weighted by Crippen LogP contribution is 2.34. The lowest BCUT2D eigenvalue weighted by atomic mass is 10.0. The maximum atomic E-state index is 13.2. The summed E-state index contributed by atoms with van der Waals surface area (Å²) >= 11 is 0. The maximum absolute atomic E-state index is 13.2. The first-order valence-electron chi connectivity index (χ1n) is 13.7. The Labute approximate surface area is 242 Å². The minimum absolute atomic E-state index is 0.0581. The van der Waals surface area contributed by atoms with E-state index < -0.39 is 30.2 Å². The van der Waals surface area contributed by atoms with Crippen LogP contribution in [0.25, 0.3) is 10.9 Å². The number of carboxylic acids is 1. The second-order valence-corrected chi connectivity index (χ2v) is 9.75. The maximum Gasteiger partial charge on any atom is 0.406 e. The van der Waals surface area contributed by atoms with Gasteiger partial charge in [-0.3, -0.25) is 9.59 Å². The molecule has 2 heterocycles. The van der Waals surface area contributed by atoms with E-state index in [9.17, 15) is 24.3 Å². The highest BCUT2D eigenvalue weighted by atomic mass is 16.7. The first kappa shape index (κ1) is 30.0. The van der Waals surface area contributed by atoms with Crippen molar-refractivity contribution in [3.63, 3.8) is 0 Å². The Kier molecular flexibility index (Phi) is 10.5. The van der Waals surface area contributed by atoms with Crippen molar-refractivity contribution < 1.29 is 38.5 Å². The predicted octanol–water partition coefficient (Wildman–Crippen LogP) is 2.97. The molecule has 3 aromatic rings. The van der Waals surface area contributed by atoms with Crippen molar-refractivity contribution in [1.82, 2.24) is 26.3 Å². The Balaban J connectivity index is 1.37. The number of aromatic nitrogens is 1. The monoisotopic (exact) mass is 581 g/mol. The Morgan fingerprint density at radius 3 is 2.62 bits per heavy atom. The number of methoxy groups -OCH3 is 1. The predicted molar refractivity (Wildman–Crippen MR) is 152 cm³/mol. The summed E-state index contributed by atoms with van der Waals surface area (Å²) in [4.78, 5) is 52.3. The van der Waals surface area contributed by atoms with Crippen LogP contribution in [0.15, 0.2) is 48.7 Å². The highest BCUT2D eigenvalue weighted by Gasteiger charge is 2.25. The fraction of sp³-hybridized carbons (Fsp3) is 0.379. The van der Waals surface area contributed by atoms with Crippen molar-refractivity contribution in [2.45, 2.75) is 44.2 Å². The summed E-state index contributed by atoms with van der Waals surface area (Å²) in [6, 6.07) is 10.3. The Hall–Kier alpha value is -4.94. The average molecular weight is 582 g/mol. The number of aliphatic carboxylic acids is 1. The molecule has 0 unspecified atom stereocenters. The topological polar surface area (TPSA) is 180 Å².